The summed E-state index contributed by atoms with van der Waals surface area (Å²) in [5, 5.41) is 24.0. The summed E-state index contributed by atoms with van der Waals surface area (Å²) in [5.41, 5.74) is -2.20. The fourth-order valence-electron chi connectivity index (χ4n) is 2.97. The van der Waals surface area contributed by atoms with Gasteiger partial charge in [0, 0.05) is 21.8 Å². The highest BCUT2D eigenvalue weighted by Gasteiger charge is 2.36. The molecule has 0 atom stereocenters. The van der Waals surface area contributed by atoms with Gasteiger partial charge in [0.1, 0.15) is 0 Å². The first-order chi connectivity index (χ1) is 14.2. The van der Waals surface area contributed by atoms with Crippen molar-refractivity contribution < 1.29 is 28.9 Å². The number of carbonyl (C=O) groups excluding carboxylic acids is 2. The van der Waals surface area contributed by atoms with Crippen molar-refractivity contribution in [2.45, 2.75) is 10.7 Å². The number of carbonyl (C=O) groups is 2. The summed E-state index contributed by atoms with van der Waals surface area (Å²) in [5.74, 6) is -1.91. The van der Waals surface area contributed by atoms with E-state index in [2.05, 4.69) is 31.9 Å². The molecule has 0 aliphatic carbocycles. The second kappa shape index (κ2) is 9.76. The predicted octanol–water partition coefficient (Wildman–Crippen LogP) is 4.53. The van der Waals surface area contributed by atoms with Gasteiger partial charge in [-0.3, -0.25) is 20.2 Å². The Bertz CT molecular complexity index is 971. The van der Waals surface area contributed by atoms with Crippen LogP contribution < -0.4 is 0 Å². The first-order valence-corrected chi connectivity index (χ1v) is 10.4. The summed E-state index contributed by atoms with van der Waals surface area (Å²) in [6, 6.07) is 5.19. The number of hydrogen-bond donors (Lipinski definition) is 0. The van der Waals surface area contributed by atoms with Crippen LogP contribution in [0, 0.1) is 20.2 Å². The molecule has 0 N–H and O–H groups in total. The lowest BCUT2D eigenvalue weighted by Crippen LogP contribution is -2.13. The molecule has 0 heterocycles. The van der Waals surface area contributed by atoms with Crippen molar-refractivity contribution in [2.24, 2.45) is 0 Å². The van der Waals surface area contributed by atoms with Gasteiger partial charge in [-0.25, -0.2) is 9.59 Å². The van der Waals surface area contributed by atoms with E-state index >= 15 is 0 Å². The number of nitro benzene ring substituents is 2. The van der Waals surface area contributed by atoms with E-state index in [1.807, 2.05) is 0 Å². The number of rotatable bonds is 7. The molecule has 0 fully saturated rings. The zero-order valence-electron chi connectivity index (χ0n) is 15.6. The first kappa shape index (κ1) is 23.4. The standard InChI is InChI=1S/C18H14Br2N2O8/c1-29-17(23)11-5-3-9(7-19)15(21(25)26)13(11)14-12(18(24)30-2)6-4-10(8-20)16(14)22(27)28/h3-6H,7-8H2,1-2H3. The van der Waals surface area contributed by atoms with Crippen LogP contribution in [-0.4, -0.2) is 36.0 Å². The van der Waals surface area contributed by atoms with E-state index in [0.29, 0.717) is 0 Å². The number of benzene rings is 2. The summed E-state index contributed by atoms with van der Waals surface area (Å²) >= 11 is 6.29. The number of nitro groups is 2. The van der Waals surface area contributed by atoms with Crippen LogP contribution in [0.1, 0.15) is 31.8 Å². The summed E-state index contributed by atoms with van der Waals surface area (Å²) in [6.45, 7) is 0. The Labute approximate surface area is 186 Å². The van der Waals surface area contributed by atoms with Gasteiger partial charge in [0.05, 0.1) is 46.3 Å². The Kier molecular flexibility index (Phi) is 7.62. The number of halogens is 2. The van der Waals surface area contributed by atoms with Gasteiger partial charge in [0.15, 0.2) is 0 Å². The molecule has 0 radical (unpaired) electrons. The van der Waals surface area contributed by atoms with Crippen LogP contribution in [0.5, 0.6) is 0 Å². The highest BCUT2D eigenvalue weighted by atomic mass is 79.9. The van der Waals surface area contributed by atoms with E-state index in [9.17, 15) is 29.8 Å². The number of esters is 2. The Morgan fingerprint density at radius 3 is 1.37 bits per heavy atom. The molecule has 0 aliphatic heterocycles. The lowest BCUT2D eigenvalue weighted by molar-refractivity contribution is -0.387. The van der Waals surface area contributed by atoms with Gasteiger partial charge in [-0.1, -0.05) is 44.0 Å². The molecule has 0 saturated carbocycles. The zero-order valence-corrected chi connectivity index (χ0v) is 18.8. The number of ether oxygens (including phenoxy) is 2. The molecule has 30 heavy (non-hydrogen) atoms. The smallest absolute Gasteiger partial charge is 0.338 e. The van der Waals surface area contributed by atoms with Crippen molar-refractivity contribution in [1.29, 1.82) is 0 Å². The van der Waals surface area contributed by atoms with Crippen molar-refractivity contribution in [1.82, 2.24) is 0 Å². The number of nitrogens with zero attached hydrogens (tertiary/aromatic N) is 2. The second-order valence-corrected chi connectivity index (χ2v) is 6.88. The molecule has 0 aliphatic rings. The fourth-order valence-corrected chi connectivity index (χ4v) is 3.87. The average Bonchev–Trinajstić information content (AvgIpc) is 2.75. The molecule has 158 valence electrons. The maximum atomic E-state index is 12.4. The minimum absolute atomic E-state index is 0.0251. The van der Waals surface area contributed by atoms with Gasteiger partial charge < -0.3 is 9.47 Å². The molecular weight excluding hydrogens is 532 g/mol. The van der Waals surface area contributed by atoms with Crippen LogP contribution in [0.15, 0.2) is 24.3 Å². The van der Waals surface area contributed by atoms with Crippen molar-refractivity contribution in [2.75, 3.05) is 14.2 Å². The monoisotopic (exact) mass is 544 g/mol. The Balaban J connectivity index is 3.23. The van der Waals surface area contributed by atoms with Crippen LogP contribution in [0.4, 0.5) is 11.4 Å². The first-order valence-electron chi connectivity index (χ1n) is 8.12. The number of hydrogen-bond acceptors (Lipinski definition) is 8. The van der Waals surface area contributed by atoms with Gasteiger partial charge in [-0.2, -0.15) is 0 Å². The Morgan fingerprint density at radius 2 is 1.13 bits per heavy atom. The van der Waals surface area contributed by atoms with E-state index in [4.69, 9.17) is 9.47 Å². The maximum Gasteiger partial charge on any atom is 0.338 e. The maximum absolute atomic E-state index is 12.4. The van der Waals surface area contributed by atoms with Crippen LogP contribution in [-0.2, 0) is 20.1 Å². The van der Waals surface area contributed by atoms with Gasteiger partial charge in [-0.15, -0.1) is 0 Å². The van der Waals surface area contributed by atoms with E-state index in [0.717, 1.165) is 14.2 Å². The topological polar surface area (TPSA) is 139 Å². The third-order valence-electron chi connectivity index (χ3n) is 4.24. The highest BCUT2D eigenvalue weighted by molar-refractivity contribution is 9.08. The van der Waals surface area contributed by atoms with E-state index in [1.165, 1.54) is 24.3 Å². The molecule has 0 spiro atoms. The Hall–Kier alpha value is -2.86. The van der Waals surface area contributed by atoms with Crippen molar-refractivity contribution in [3.63, 3.8) is 0 Å². The molecular formula is C18H14Br2N2O8. The predicted molar refractivity (Wildman–Crippen MR) is 113 cm³/mol. The SMILES string of the molecule is COC(=O)c1ccc(CBr)c([N+](=O)[O-])c1-c1c(C(=O)OC)ccc(CBr)c1[N+](=O)[O-]. The van der Waals surface area contributed by atoms with E-state index < -0.39 is 44.3 Å². The highest BCUT2D eigenvalue weighted by Crippen LogP contribution is 2.45. The second-order valence-electron chi connectivity index (χ2n) is 5.76. The van der Waals surface area contributed by atoms with Crippen molar-refractivity contribution >= 4 is 55.2 Å². The van der Waals surface area contributed by atoms with Crippen LogP contribution in [0.3, 0.4) is 0 Å². The lowest BCUT2D eigenvalue weighted by Gasteiger charge is -2.15. The summed E-state index contributed by atoms with van der Waals surface area (Å²) in [6.07, 6.45) is 0. The minimum Gasteiger partial charge on any atom is -0.465 e. The average molecular weight is 546 g/mol. The lowest BCUT2D eigenvalue weighted by atomic mass is 9.89. The van der Waals surface area contributed by atoms with Crippen molar-refractivity contribution in [3.05, 3.63) is 66.7 Å². The molecule has 2 rings (SSSR count). The summed E-state index contributed by atoms with van der Waals surface area (Å²) in [7, 11) is 2.14. The fraction of sp³-hybridized carbons (Fsp3) is 0.222. The molecule has 0 saturated heterocycles. The number of alkyl halides is 2. The van der Waals surface area contributed by atoms with Gasteiger partial charge in [0.2, 0.25) is 0 Å². The summed E-state index contributed by atoms with van der Waals surface area (Å²) < 4.78 is 9.44. The Morgan fingerprint density at radius 1 is 0.800 bits per heavy atom. The van der Waals surface area contributed by atoms with E-state index in [-0.39, 0.29) is 32.9 Å². The molecule has 0 unspecified atom stereocenters. The van der Waals surface area contributed by atoms with Crippen LogP contribution in [0.25, 0.3) is 11.1 Å². The molecule has 0 amide bonds. The van der Waals surface area contributed by atoms with Crippen LogP contribution in [0.2, 0.25) is 0 Å². The molecule has 2 aromatic carbocycles. The van der Waals surface area contributed by atoms with Gasteiger partial charge in [0.25, 0.3) is 11.4 Å². The minimum atomic E-state index is -0.955. The van der Waals surface area contributed by atoms with Gasteiger partial charge in [-0.05, 0) is 12.1 Å². The normalized spacial score (nSPS) is 10.4. The zero-order chi connectivity index (χ0) is 22.6. The van der Waals surface area contributed by atoms with Crippen molar-refractivity contribution in [3.8, 4) is 11.1 Å². The quantitative estimate of drug-likeness (QED) is 0.214. The molecule has 0 aromatic heterocycles. The third kappa shape index (κ3) is 4.19. The largest absolute Gasteiger partial charge is 0.465 e. The van der Waals surface area contributed by atoms with Gasteiger partial charge >= 0.3 is 11.9 Å². The van der Waals surface area contributed by atoms with Crippen LogP contribution >= 0.6 is 31.9 Å². The molecule has 10 nitrogen and oxygen atoms in total. The summed E-state index contributed by atoms with van der Waals surface area (Å²) in [4.78, 5) is 47.2. The molecule has 2 aromatic rings. The third-order valence-corrected chi connectivity index (χ3v) is 5.44. The molecule has 0 bridgehead atoms. The number of methoxy groups -OCH3 is 2. The van der Waals surface area contributed by atoms with E-state index in [1.54, 1.807) is 0 Å². The molecule has 12 heteroatoms.